The van der Waals surface area contributed by atoms with Crippen molar-refractivity contribution in [3.8, 4) is 0 Å². The monoisotopic (exact) mass is 692 g/mol. The van der Waals surface area contributed by atoms with Gasteiger partial charge in [0.25, 0.3) is 0 Å². The number of carbonyl (C=O) groups excluding carboxylic acids is 9. The van der Waals surface area contributed by atoms with Crippen LogP contribution in [0, 0.1) is 0 Å². The first-order valence-corrected chi connectivity index (χ1v) is 15.1. The predicted molar refractivity (Wildman–Crippen MR) is 162 cm³/mol. The SMILES string of the molecule is CC(=O)CC(=O)N1CCN(C(C)=O)CC1.CC(=O)CC(=O)N1CCN(C(C)=O)CC1.CC(=O)CC(=O)N1CCN(C(C)=O)CC1.[Fe+3]. The van der Waals surface area contributed by atoms with Crippen molar-refractivity contribution in [2.45, 2.75) is 60.8 Å². The van der Waals surface area contributed by atoms with E-state index in [1.54, 1.807) is 29.4 Å². The summed E-state index contributed by atoms with van der Waals surface area (Å²) in [5, 5.41) is 0. The average molecular weight is 693 g/mol. The van der Waals surface area contributed by atoms with E-state index in [-0.39, 0.29) is 89.1 Å². The maximum absolute atomic E-state index is 11.5. The Morgan fingerprint density at radius 1 is 0.326 bits per heavy atom. The number of Topliss-reactive ketones (excluding diaryl/α,β-unsaturated/α-hetero) is 3. The van der Waals surface area contributed by atoms with Crippen LogP contribution in [0.3, 0.4) is 0 Å². The molecule has 0 spiro atoms. The third-order valence-electron chi connectivity index (χ3n) is 7.43. The molecule has 0 atom stereocenters. The second-order valence-electron chi connectivity index (χ2n) is 11.3. The Morgan fingerprint density at radius 2 is 0.478 bits per heavy atom. The minimum atomic E-state index is -0.134. The summed E-state index contributed by atoms with van der Waals surface area (Å²) in [6.07, 6.45) is -0.0831. The summed E-state index contributed by atoms with van der Waals surface area (Å²) in [6.45, 7) is 15.4. The number of hydrogen-bond acceptors (Lipinski definition) is 9. The molecule has 6 amide bonds. The third kappa shape index (κ3) is 16.1. The Kier molecular flexibility index (Phi) is 19.5. The number of hydrogen-bond donors (Lipinski definition) is 0. The van der Waals surface area contributed by atoms with Crippen molar-refractivity contribution < 1.29 is 60.2 Å². The molecule has 15 nitrogen and oxygen atoms in total. The average Bonchev–Trinajstić information content (AvgIpc) is 2.97. The van der Waals surface area contributed by atoms with E-state index < -0.39 is 0 Å². The van der Waals surface area contributed by atoms with Crippen LogP contribution in [0.15, 0.2) is 0 Å². The van der Waals surface area contributed by atoms with Gasteiger partial charge < -0.3 is 29.4 Å². The molecule has 0 aromatic rings. The molecule has 1 radical (unpaired) electrons. The molecule has 16 heteroatoms. The van der Waals surface area contributed by atoms with Crippen LogP contribution in [-0.4, -0.2) is 161 Å². The van der Waals surface area contributed by atoms with Crippen molar-refractivity contribution in [1.29, 1.82) is 0 Å². The summed E-state index contributed by atoms with van der Waals surface area (Å²) in [4.78, 5) is 110. The van der Waals surface area contributed by atoms with Crippen molar-refractivity contribution in [2.75, 3.05) is 78.5 Å². The van der Waals surface area contributed by atoms with Crippen LogP contribution in [0.5, 0.6) is 0 Å². The molecular weight excluding hydrogens is 644 g/mol. The van der Waals surface area contributed by atoms with Crippen LogP contribution in [0.4, 0.5) is 0 Å². The van der Waals surface area contributed by atoms with Crippen molar-refractivity contribution in [2.24, 2.45) is 0 Å². The van der Waals surface area contributed by atoms with Crippen LogP contribution in [0.25, 0.3) is 0 Å². The zero-order valence-electron chi connectivity index (χ0n) is 27.8. The van der Waals surface area contributed by atoms with E-state index in [1.807, 2.05) is 0 Å². The van der Waals surface area contributed by atoms with Gasteiger partial charge in [0.05, 0.1) is 19.3 Å². The molecular formula is C30H48FeN6O9+3. The summed E-state index contributed by atoms with van der Waals surface area (Å²) in [5.74, 6) is -0.643. The van der Waals surface area contributed by atoms with E-state index >= 15 is 0 Å². The van der Waals surface area contributed by atoms with Crippen LogP contribution in [0.2, 0.25) is 0 Å². The van der Waals surface area contributed by atoms with E-state index in [1.165, 1.54) is 41.5 Å². The molecule has 0 aliphatic carbocycles. The number of nitrogens with zero attached hydrogens (tertiary/aromatic N) is 6. The number of amides is 6. The first kappa shape index (κ1) is 42.3. The number of carbonyl (C=O) groups is 9. The van der Waals surface area contributed by atoms with Gasteiger partial charge in [0.15, 0.2) is 0 Å². The quantitative estimate of drug-likeness (QED) is 0.249. The molecule has 0 bridgehead atoms. The predicted octanol–water partition coefficient (Wildman–Crippen LogP) is -1.03. The third-order valence-corrected chi connectivity index (χ3v) is 7.43. The summed E-state index contributed by atoms with van der Waals surface area (Å²) >= 11 is 0. The maximum atomic E-state index is 11.5. The zero-order chi connectivity index (χ0) is 34.3. The van der Waals surface area contributed by atoms with E-state index in [0.717, 1.165) is 0 Å². The normalized spacial score (nSPS) is 16.0. The van der Waals surface area contributed by atoms with Gasteiger partial charge in [-0.1, -0.05) is 0 Å². The molecule has 46 heavy (non-hydrogen) atoms. The number of ketones is 3. The van der Waals surface area contributed by atoms with E-state index in [9.17, 15) is 43.2 Å². The standard InChI is InChI=1S/3C10H16N2O3.Fe/c3*1-8(13)7-10(15)12-5-3-11(4-6-12)9(2)14;/h3*3-7H2,1-2H3;/q;;;+3. The Balaban J connectivity index is 0.000000653. The summed E-state index contributed by atoms with van der Waals surface area (Å²) in [6, 6.07) is 0. The maximum Gasteiger partial charge on any atom is 3.00 e. The first-order chi connectivity index (χ1) is 21.0. The van der Waals surface area contributed by atoms with Gasteiger partial charge in [-0.3, -0.25) is 43.2 Å². The van der Waals surface area contributed by atoms with E-state index in [2.05, 4.69) is 0 Å². The molecule has 3 fully saturated rings. The van der Waals surface area contributed by atoms with Gasteiger partial charge in [0, 0.05) is 99.3 Å². The van der Waals surface area contributed by atoms with Crippen molar-refractivity contribution in [3.05, 3.63) is 0 Å². The summed E-state index contributed by atoms with van der Waals surface area (Å²) in [7, 11) is 0. The molecule has 0 saturated carbocycles. The molecule has 3 heterocycles. The van der Waals surface area contributed by atoms with Gasteiger partial charge in [0.2, 0.25) is 35.4 Å². The fraction of sp³-hybridized carbons (Fsp3) is 0.700. The molecule has 3 saturated heterocycles. The Morgan fingerprint density at radius 3 is 0.609 bits per heavy atom. The Bertz CT molecular complexity index is 986. The topological polar surface area (TPSA) is 173 Å². The Hall–Kier alpha value is -3.65. The van der Waals surface area contributed by atoms with Crippen molar-refractivity contribution >= 4 is 52.8 Å². The molecule has 0 N–H and O–H groups in total. The smallest absolute Gasteiger partial charge is 0.339 e. The minimum Gasteiger partial charge on any atom is -0.339 e. The van der Waals surface area contributed by atoms with Crippen LogP contribution >= 0.6 is 0 Å². The van der Waals surface area contributed by atoms with Gasteiger partial charge in [-0.2, -0.15) is 0 Å². The zero-order valence-corrected chi connectivity index (χ0v) is 28.9. The van der Waals surface area contributed by atoms with Gasteiger partial charge in [-0.05, 0) is 20.8 Å². The number of piperazine rings is 3. The van der Waals surface area contributed by atoms with Gasteiger partial charge in [-0.25, -0.2) is 0 Å². The van der Waals surface area contributed by atoms with Crippen molar-refractivity contribution in [3.63, 3.8) is 0 Å². The fourth-order valence-electron chi connectivity index (χ4n) is 4.79. The van der Waals surface area contributed by atoms with Gasteiger partial charge in [0.1, 0.15) is 17.3 Å². The van der Waals surface area contributed by atoms with Crippen molar-refractivity contribution in [1.82, 2.24) is 29.4 Å². The van der Waals surface area contributed by atoms with E-state index in [4.69, 9.17) is 0 Å². The van der Waals surface area contributed by atoms with Gasteiger partial charge in [-0.15, -0.1) is 0 Å². The molecule has 3 rings (SSSR count). The Labute approximate surface area is 281 Å². The second kappa shape index (κ2) is 21.2. The fourth-order valence-corrected chi connectivity index (χ4v) is 4.79. The van der Waals surface area contributed by atoms with Crippen LogP contribution < -0.4 is 0 Å². The first-order valence-electron chi connectivity index (χ1n) is 15.1. The van der Waals surface area contributed by atoms with E-state index in [0.29, 0.717) is 78.5 Å². The molecule has 0 aromatic heterocycles. The minimum absolute atomic E-state index is 0. The molecule has 257 valence electrons. The summed E-state index contributed by atoms with van der Waals surface area (Å²) in [5.41, 5.74) is 0. The molecule has 3 aliphatic heterocycles. The molecule has 0 unspecified atom stereocenters. The van der Waals surface area contributed by atoms with Gasteiger partial charge >= 0.3 is 17.1 Å². The molecule has 0 aromatic carbocycles. The number of rotatable bonds is 6. The van der Waals surface area contributed by atoms with Crippen LogP contribution in [0.1, 0.15) is 60.8 Å². The summed E-state index contributed by atoms with van der Waals surface area (Å²) < 4.78 is 0. The van der Waals surface area contributed by atoms with Crippen LogP contribution in [-0.2, 0) is 60.2 Å². The molecule has 3 aliphatic rings. The second-order valence-corrected chi connectivity index (χ2v) is 11.3. The largest absolute Gasteiger partial charge is 3.00 e.